The van der Waals surface area contributed by atoms with Gasteiger partial charge < -0.3 is 15.7 Å². The molecule has 25 heavy (non-hydrogen) atoms. The van der Waals surface area contributed by atoms with Crippen LogP contribution < -0.4 is 5.73 Å². The Bertz CT molecular complexity index is 642. The first-order valence-electron chi connectivity index (χ1n) is 8.97. The van der Waals surface area contributed by atoms with Gasteiger partial charge in [0.25, 0.3) is 5.91 Å². The summed E-state index contributed by atoms with van der Waals surface area (Å²) >= 11 is 0. The Kier molecular flexibility index (Phi) is 5.11. The summed E-state index contributed by atoms with van der Waals surface area (Å²) in [6, 6.07) is 8.55. The number of aliphatic hydroxyl groups is 1. The van der Waals surface area contributed by atoms with E-state index < -0.39 is 11.5 Å². The summed E-state index contributed by atoms with van der Waals surface area (Å²) in [6.07, 6.45) is 3.11. The number of amides is 2. The van der Waals surface area contributed by atoms with Crippen molar-refractivity contribution in [3.05, 3.63) is 35.4 Å². The van der Waals surface area contributed by atoms with E-state index in [2.05, 4.69) is 24.3 Å². The zero-order chi connectivity index (χ0) is 18.0. The zero-order valence-corrected chi connectivity index (χ0v) is 14.8. The SMILES string of the molecule is Cc1ccc(CN(C(=O)CN2CCCC(O)(C(N)=O)C2)C2CC2)cc1. The number of carbonyl (C=O) groups excluding carboxylic acids is 2. The molecule has 6 heteroatoms. The highest BCUT2D eigenvalue weighted by molar-refractivity contribution is 5.84. The highest BCUT2D eigenvalue weighted by Crippen LogP contribution is 2.29. The van der Waals surface area contributed by atoms with Crippen LogP contribution in [0.15, 0.2) is 24.3 Å². The van der Waals surface area contributed by atoms with Crippen LogP contribution in [0.3, 0.4) is 0 Å². The molecule has 2 amide bonds. The number of hydrogen-bond acceptors (Lipinski definition) is 4. The molecule has 1 saturated heterocycles. The predicted molar refractivity (Wildman–Crippen MR) is 94.6 cm³/mol. The lowest BCUT2D eigenvalue weighted by Gasteiger charge is -2.37. The predicted octanol–water partition coefficient (Wildman–Crippen LogP) is 0.798. The molecule has 0 aromatic heterocycles. The molecule has 136 valence electrons. The van der Waals surface area contributed by atoms with E-state index in [9.17, 15) is 14.7 Å². The fourth-order valence-corrected chi connectivity index (χ4v) is 3.44. The molecule has 0 bridgehead atoms. The van der Waals surface area contributed by atoms with Gasteiger partial charge in [-0.25, -0.2) is 0 Å². The maximum absolute atomic E-state index is 12.8. The van der Waals surface area contributed by atoms with Crippen LogP contribution in [0, 0.1) is 6.92 Å². The third-order valence-electron chi connectivity index (χ3n) is 5.15. The van der Waals surface area contributed by atoms with Crippen molar-refractivity contribution in [3.8, 4) is 0 Å². The molecule has 6 nitrogen and oxygen atoms in total. The number of primary amides is 1. The molecule has 1 heterocycles. The molecule has 1 aliphatic carbocycles. The van der Waals surface area contributed by atoms with E-state index in [0.717, 1.165) is 18.4 Å². The van der Waals surface area contributed by atoms with Gasteiger partial charge in [-0.05, 0) is 44.7 Å². The second kappa shape index (κ2) is 7.14. The maximum Gasteiger partial charge on any atom is 0.250 e. The van der Waals surface area contributed by atoms with Crippen molar-refractivity contribution < 1.29 is 14.7 Å². The first-order valence-corrected chi connectivity index (χ1v) is 8.97. The largest absolute Gasteiger partial charge is 0.379 e. The zero-order valence-electron chi connectivity index (χ0n) is 14.8. The number of likely N-dealkylation sites (tertiary alicyclic amines) is 1. The number of hydrogen-bond donors (Lipinski definition) is 2. The third kappa shape index (κ3) is 4.38. The van der Waals surface area contributed by atoms with Crippen LogP contribution in [-0.4, -0.2) is 58.0 Å². The second-order valence-corrected chi connectivity index (χ2v) is 7.45. The van der Waals surface area contributed by atoms with Crippen LogP contribution in [0.25, 0.3) is 0 Å². The molecule has 1 atom stereocenters. The molecule has 1 unspecified atom stereocenters. The van der Waals surface area contributed by atoms with Crippen LogP contribution >= 0.6 is 0 Å². The Labute approximate surface area is 148 Å². The van der Waals surface area contributed by atoms with E-state index in [1.165, 1.54) is 5.56 Å². The van der Waals surface area contributed by atoms with Gasteiger partial charge in [-0.3, -0.25) is 14.5 Å². The minimum atomic E-state index is -1.51. The number of rotatable bonds is 6. The molecule has 2 aliphatic rings. The lowest BCUT2D eigenvalue weighted by molar-refractivity contribution is -0.145. The highest BCUT2D eigenvalue weighted by atomic mass is 16.3. The molecule has 1 aromatic rings. The van der Waals surface area contributed by atoms with Crippen molar-refractivity contribution in [1.82, 2.24) is 9.80 Å². The Hall–Kier alpha value is -1.92. The molecule has 0 spiro atoms. The van der Waals surface area contributed by atoms with E-state index in [4.69, 9.17) is 5.73 Å². The average molecular weight is 345 g/mol. The Morgan fingerprint density at radius 3 is 2.60 bits per heavy atom. The third-order valence-corrected chi connectivity index (χ3v) is 5.15. The summed E-state index contributed by atoms with van der Waals surface area (Å²) in [5.74, 6) is -0.653. The summed E-state index contributed by atoms with van der Waals surface area (Å²) in [4.78, 5) is 28.1. The minimum absolute atomic E-state index is 0.0526. The maximum atomic E-state index is 12.8. The van der Waals surface area contributed by atoms with Gasteiger partial charge in [-0.2, -0.15) is 0 Å². The summed E-state index contributed by atoms with van der Waals surface area (Å²) in [5, 5.41) is 10.3. The van der Waals surface area contributed by atoms with Crippen LogP contribution in [0.4, 0.5) is 0 Å². The van der Waals surface area contributed by atoms with Crippen molar-refractivity contribution in [2.45, 2.75) is 50.8 Å². The number of benzene rings is 1. The lowest BCUT2D eigenvalue weighted by Crippen LogP contribution is -2.57. The van der Waals surface area contributed by atoms with Gasteiger partial charge >= 0.3 is 0 Å². The van der Waals surface area contributed by atoms with Crippen molar-refractivity contribution in [2.75, 3.05) is 19.6 Å². The van der Waals surface area contributed by atoms with E-state index in [1.807, 2.05) is 16.7 Å². The summed E-state index contributed by atoms with van der Waals surface area (Å²) in [5.41, 5.74) is 6.13. The number of β-amino-alcohol motifs (C(OH)–C–C–N with tert-alkyl or cyclic N) is 1. The van der Waals surface area contributed by atoms with Gasteiger partial charge in [0, 0.05) is 19.1 Å². The number of nitrogens with two attached hydrogens (primary N) is 1. The van der Waals surface area contributed by atoms with E-state index in [1.54, 1.807) is 0 Å². The van der Waals surface area contributed by atoms with Crippen molar-refractivity contribution in [2.24, 2.45) is 5.73 Å². The van der Waals surface area contributed by atoms with Gasteiger partial charge in [0.05, 0.1) is 6.54 Å². The van der Waals surface area contributed by atoms with Crippen LogP contribution in [0.2, 0.25) is 0 Å². The molecular formula is C19H27N3O3. The lowest BCUT2D eigenvalue weighted by atomic mass is 9.92. The van der Waals surface area contributed by atoms with Crippen LogP contribution in [0.1, 0.15) is 36.8 Å². The number of piperidine rings is 1. The normalized spacial score (nSPS) is 24.1. The molecule has 1 saturated carbocycles. The summed E-state index contributed by atoms with van der Waals surface area (Å²) in [7, 11) is 0. The van der Waals surface area contributed by atoms with Crippen molar-refractivity contribution in [3.63, 3.8) is 0 Å². The van der Waals surface area contributed by atoms with Crippen LogP contribution in [0.5, 0.6) is 0 Å². The van der Waals surface area contributed by atoms with Gasteiger partial charge in [-0.1, -0.05) is 29.8 Å². The molecule has 3 N–H and O–H groups in total. The first kappa shape index (κ1) is 17.9. The highest BCUT2D eigenvalue weighted by Gasteiger charge is 2.40. The molecule has 1 aliphatic heterocycles. The molecular weight excluding hydrogens is 318 g/mol. The molecule has 0 radical (unpaired) electrons. The van der Waals surface area contributed by atoms with Gasteiger partial charge in [0.2, 0.25) is 5.91 Å². The number of nitrogens with zero attached hydrogens (tertiary/aromatic N) is 2. The van der Waals surface area contributed by atoms with E-state index >= 15 is 0 Å². The van der Waals surface area contributed by atoms with Gasteiger partial charge in [-0.15, -0.1) is 0 Å². The standard InChI is InChI=1S/C19H27N3O3/c1-14-3-5-15(6-4-14)11-22(16-7-8-16)17(23)12-21-10-2-9-19(25,13-21)18(20)24/h3-6,16,25H,2,7-13H2,1H3,(H2,20,24). The Morgan fingerprint density at radius 1 is 1.32 bits per heavy atom. The topological polar surface area (TPSA) is 86.9 Å². The Balaban J connectivity index is 1.63. The molecule has 3 rings (SSSR count). The second-order valence-electron chi connectivity index (χ2n) is 7.45. The molecule has 1 aromatic carbocycles. The smallest absolute Gasteiger partial charge is 0.250 e. The monoisotopic (exact) mass is 345 g/mol. The Morgan fingerprint density at radius 2 is 2.00 bits per heavy atom. The van der Waals surface area contributed by atoms with Gasteiger partial charge in [0.1, 0.15) is 0 Å². The van der Waals surface area contributed by atoms with Crippen molar-refractivity contribution in [1.29, 1.82) is 0 Å². The van der Waals surface area contributed by atoms with E-state index in [0.29, 0.717) is 32.0 Å². The fourth-order valence-electron chi connectivity index (χ4n) is 3.44. The van der Waals surface area contributed by atoms with Crippen LogP contribution in [-0.2, 0) is 16.1 Å². The van der Waals surface area contributed by atoms with Crippen molar-refractivity contribution >= 4 is 11.8 Å². The van der Waals surface area contributed by atoms with E-state index in [-0.39, 0.29) is 19.0 Å². The molecule has 2 fully saturated rings. The first-order chi connectivity index (χ1) is 11.9. The van der Waals surface area contributed by atoms with Gasteiger partial charge in [0.15, 0.2) is 5.60 Å². The summed E-state index contributed by atoms with van der Waals surface area (Å²) in [6.45, 7) is 3.71. The summed E-state index contributed by atoms with van der Waals surface area (Å²) < 4.78 is 0. The quantitative estimate of drug-likeness (QED) is 0.798. The number of carbonyl (C=O) groups is 2. The fraction of sp³-hybridized carbons (Fsp3) is 0.579. The number of aryl methyl sites for hydroxylation is 1. The average Bonchev–Trinajstić information content (AvgIpc) is 3.39. The minimum Gasteiger partial charge on any atom is -0.379 e.